The van der Waals surface area contributed by atoms with Gasteiger partial charge in [-0.05, 0) is 18.6 Å². The fraction of sp³-hybridized carbons (Fsp3) is 0.583. The third kappa shape index (κ3) is 4.82. The number of ether oxygens (including phenoxy) is 2. The number of hydrogen-bond donors (Lipinski definition) is 3. The van der Waals surface area contributed by atoms with E-state index in [1.54, 1.807) is 0 Å². The van der Waals surface area contributed by atoms with E-state index in [0.717, 1.165) is 0 Å². The summed E-state index contributed by atoms with van der Waals surface area (Å²) in [5.74, 6) is -4.99. The Balaban J connectivity index is 1.41. The number of rotatable bonds is 8. The van der Waals surface area contributed by atoms with Gasteiger partial charge in [-0.15, -0.1) is 10.2 Å². The van der Waals surface area contributed by atoms with Crippen molar-refractivity contribution < 1.29 is 42.4 Å². The lowest BCUT2D eigenvalue weighted by Crippen LogP contribution is -2.57. The summed E-state index contributed by atoms with van der Waals surface area (Å²) >= 11 is 0. The highest BCUT2D eigenvalue weighted by atomic mass is 19.3. The molecule has 1 aromatic carbocycles. The van der Waals surface area contributed by atoms with E-state index in [0.29, 0.717) is 5.69 Å². The van der Waals surface area contributed by atoms with Crippen molar-refractivity contribution in [3.8, 4) is 11.3 Å². The molecule has 0 bridgehead atoms. The van der Waals surface area contributed by atoms with Crippen LogP contribution in [0, 0.1) is 18.6 Å². The lowest BCUT2D eigenvalue weighted by molar-refractivity contribution is -0.212. The van der Waals surface area contributed by atoms with Gasteiger partial charge in [0.1, 0.15) is 30.0 Å². The van der Waals surface area contributed by atoms with Crippen LogP contribution in [-0.2, 0) is 21.4 Å². The monoisotopic (exact) mass is 556 g/mol. The maximum Gasteiger partial charge on any atom is 0.253 e. The standard InChI is InChI=1S/C24H28F4N6O5/c1-12-3-4-14(19(26)18(12)25)15-7-33(31-30-15)20-21(37)17(8-35)39-16(22(20)38-2)5-13-6-34(32-29-13)23(11-36)9-24(27,28)10-23/h3-4,6-7,16-17,20-22,35-37H,5,8-11H2,1-2H3/t16-,17-,20+,21+,22+/m1/s1. The molecule has 0 unspecified atom stereocenters. The third-order valence-electron chi connectivity index (χ3n) is 7.51. The van der Waals surface area contributed by atoms with E-state index in [1.165, 1.54) is 47.9 Å². The van der Waals surface area contributed by atoms with Crippen molar-refractivity contribution in [3.05, 3.63) is 47.4 Å². The van der Waals surface area contributed by atoms with Crippen LogP contribution in [0.4, 0.5) is 17.6 Å². The van der Waals surface area contributed by atoms with Crippen LogP contribution in [0.2, 0.25) is 0 Å². The Kier molecular flexibility index (Phi) is 7.22. The lowest BCUT2D eigenvalue weighted by Gasteiger charge is -2.45. The number of benzene rings is 1. The molecule has 2 fully saturated rings. The summed E-state index contributed by atoms with van der Waals surface area (Å²) in [6.07, 6.45) is -2.41. The Morgan fingerprint density at radius 2 is 1.82 bits per heavy atom. The summed E-state index contributed by atoms with van der Waals surface area (Å²) in [6.45, 7) is 0.339. The average molecular weight is 557 g/mol. The highest BCUT2D eigenvalue weighted by molar-refractivity contribution is 5.59. The molecule has 212 valence electrons. The maximum absolute atomic E-state index is 14.6. The number of hydrogen-bond acceptors (Lipinski definition) is 9. The third-order valence-corrected chi connectivity index (χ3v) is 7.51. The first kappa shape index (κ1) is 27.6. The number of aryl methyl sites for hydroxylation is 1. The fourth-order valence-electron chi connectivity index (χ4n) is 5.41. The molecular formula is C24H28F4N6O5. The highest BCUT2D eigenvalue weighted by Gasteiger charge is 2.58. The van der Waals surface area contributed by atoms with Crippen molar-refractivity contribution in [2.45, 2.75) is 68.1 Å². The molecule has 0 radical (unpaired) electrons. The zero-order chi connectivity index (χ0) is 28.1. The van der Waals surface area contributed by atoms with Crippen LogP contribution in [0.3, 0.4) is 0 Å². The summed E-state index contributed by atoms with van der Waals surface area (Å²) in [5.41, 5.74) is -0.882. The zero-order valence-electron chi connectivity index (χ0n) is 21.1. The number of nitrogens with zero attached hydrogens (tertiary/aromatic N) is 6. The minimum Gasteiger partial charge on any atom is -0.394 e. The Morgan fingerprint density at radius 3 is 2.46 bits per heavy atom. The molecule has 5 atom stereocenters. The minimum atomic E-state index is -2.90. The van der Waals surface area contributed by atoms with Crippen molar-refractivity contribution in [2.75, 3.05) is 20.3 Å². The number of aliphatic hydroxyl groups is 3. The number of alkyl halides is 2. The van der Waals surface area contributed by atoms with Gasteiger partial charge in [-0.3, -0.25) is 0 Å². The number of halogens is 4. The smallest absolute Gasteiger partial charge is 0.253 e. The van der Waals surface area contributed by atoms with Gasteiger partial charge in [0, 0.05) is 38.1 Å². The zero-order valence-corrected chi connectivity index (χ0v) is 21.1. The van der Waals surface area contributed by atoms with E-state index in [2.05, 4.69) is 20.6 Å². The van der Waals surface area contributed by atoms with E-state index in [1.807, 2.05) is 0 Å². The molecule has 0 spiro atoms. The largest absolute Gasteiger partial charge is 0.394 e. The first-order valence-electron chi connectivity index (χ1n) is 12.3. The second-order valence-corrected chi connectivity index (χ2v) is 10.2. The van der Waals surface area contributed by atoms with Crippen LogP contribution >= 0.6 is 0 Å². The number of aromatic nitrogens is 6. The number of aliphatic hydroxyl groups excluding tert-OH is 3. The van der Waals surface area contributed by atoms with E-state index in [4.69, 9.17) is 9.47 Å². The molecule has 0 amide bonds. The van der Waals surface area contributed by atoms with Gasteiger partial charge in [-0.25, -0.2) is 26.9 Å². The van der Waals surface area contributed by atoms with Crippen LogP contribution in [0.25, 0.3) is 11.3 Å². The molecule has 3 N–H and O–H groups in total. The van der Waals surface area contributed by atoms with Gasteiger partial charge in [0.05, 0.1) is 36.7 Å². The molecular weight excluding hydrogens is 528 g/mol. The molecule has 1 saturated heterocycles. The van der Waals surface area contributed by atoms with Crippen molar-refractivity contribution >= 4 is 0 Å². The van der Waals surface area contributed by atoms with Crippen LogP contribution < -0.4 is 0 Å². The Labute approximate surface area is 220 Å². The van der Waals surface area contributed by atoms with Gasteiger partial charge in [0.15, 0.2) is 11.6 Å². The first-order valence-corrected chi connectivity index (χ1v) is 12.3. The van der Waals surface area contributed by atoms with E-state index < -0.39 is 79.6 Å². The normalized spacial score (nSPS) is 27.9. The van der Waals surface area contributed by atoms with Crippen LogP contribution in [0.15, 0.2) is 24.5 Å². The van der Waals surface area contributed by atoms with Crippen LogP contribution in [-0.4, -0.2) is 96.0 Å². The molecule has 5 rings (SSSR count). The van der Waals surface area contributed by atoms with E-state index >= 15 is 0 Å². The van der Waals surface area contributed by atoms with Crippen molar-refractivity contribution in [2.24, 2.45) is 0 Å². The van der Waals surface area contributed by atoms with Gasteiger partial charge >= 0.3 is 0 Å². The molecule has 3 aromatic rings. The minimum absolute atomic E-state index is 0.0200. The van der Waals surface area contributed by atoms with Crippen molar-refractivity contribution in [1.29, 1.82) is 0 Å². The maximum atomic E-state index is 14.6. The Hall–Kier alpha value is -2.98. The molecule has 1 saturated carbocycles. The quantitative estimate of drug-likeness (QED) is 0.349. The molecule has 2 aliphatic rings. The topological polar surface area (TPSA) is 141 Å². The van der Waals surface area contributed by atoms with Crippen LogP contribution in [0.5, 0.6) is 0 Å². The predicted octanol–water partition coefficient (Wildman–Crippen LogP) is 1.16. The summed E-state index contributed by atoms with van der Waals surface area (Å²) in [6, 6.07) is 1.82. The summed E-state index contributed by atoms with van der Waals surface area (Å²) < 4.78 is 69.9. The van der Waals surface area contributed by atoms with Crippen LogP contribution in [0.1, 0.15) is 30.1 Å². The average Bonchev–Trinajstić information content (AvgIpc) is 3.56. The highest BCUT2D eigenvalue weighted by Crippen LogP contribution is 2.49. The molecule has 39 heavy (non-hydrogen) atoms. The fourth-order valence-corrected chi connectivity index (χ4v) is 5.41. The second-order valence-electron chi connectivity index (χ2n) is 10.2. The SMILES string of the molecule is CO[C@@H]1[C@@H](n2cc(-c3ccc(C)c(F)c3F)nn2)[C@@H](O)[C@@H](CO)O[C@@H]1Cc1cn(C2(CO)CC(F)(F)C2)nn1. The van der Waals surface area contributed by atoms with Gasteiger partial charge in [0.25, 0.3) is 5.92 Å². The summed E-state index contributed by atoms with van der Waals surface area (Å²) in [5, 5.41) is 46.6. The molecule has 1 aliphatic carbocycles. The Bertz CT molecular complexity index is 1330. The van der Waals surface area contributed by atoms with E-state index in [-0.39, 0.29) is 23.2 Å². The van der Waals surface area contributed by atoms with Crippen molar-refractivity contribution in [3.63, 3.8) is 0 Å². The molecule has 11 nitrogen and oxygen atoms in total. The molecule has 15 heteroatoms. The first-order chi connectivity index (χ1) is 18.5. The van der Waals surface area contributed by atoms with Gasteiger partial charge in [-0.2, -0.15) is 0 Å². The molecule has 2 aromatic heterocycles. The lowest BCUT2D eigenvalue weighted by atomic mass is 9.74. The molecule has 3 heterocycles. The van der Waals surface area contributed by atoms with Crippen molar-refractivity contribution in [1.82, 2.24) is 30.0 Å². The number of methoxy groups -OCH3 is 1. The van der Waals surface area contributed by atoms with E-state index in [9.17, 15) is 32.9 Å². The van der Waals surface area contributed by atoms with Gasteiger partial charge < -0.3 is 24.8 Å². The van der Waals surface area contributed by atoms with Gasteiger partial charge in [-0.1, -0.05) is 16.5 Å². The summed E-state index contributed by atoms with van der Waals surface area (Å²) in [4.78, 5) is 0. The van der Waals surface area contributed by atoms with Gasteiger partial charge in [0.2, 0.25) is 0 Å². The summed E-state index contributed by atoms with van der Waals surface area (Å²) in [7, 11) is 1.38. The Morgan fingerprint density at radius 1 is 1.08 bits per heavy atom. The molecule has 1 aliphatic heterocycles. The second kappa shape index (κ2) is 10.2. The predicted molar refractivity (Wildman–Crippen MR) is 125 cm³/mol.